The fraction of sp³-hybridized carbons (Fsp3) is 0.571. The summed E-state index contributed by atoms with van der Waals surface area (Å²) in [7, 11) is 0. The number of hydrogen-bond donors (Lipinski definition) is 1. The van der Waals surface area contributed by atoms with Crippen LogP contribution in [0.3, 0.4) is 0 Å². The monoisotopic (exact) mass is 239 g/mol. The summed E-state index contributed by atoms with van der Waals surface area (Å²) >= 11 is 0. The molecule has 1 aliphatic carbocycles. The lowest BCUT2D eigenvalue weighted by molar-refractivity contribution is 0.491. The van der Waals surface area contributed by atoms with Crippen LogP contribution in [-0.4, -0.2) is 12.6 Å². The lowest BCUT2D eigenvalue weighted by Gasteiger charge is -2.12. The first-order valence-corrected chi connectivity index (χ1v) is 6.35. The molecule has 1 fully saturated rings. The van der Waals surface area contributed by atoms with Crippen molar-refractivity contribution in [2.24, 2.45) is 5.92 Å². The summed E-state index contributed by atoms with van der Waals surface area (Å²) in [4.78, 5) is 0. The van der Waals surface area contributed by atoms with Crippen molar-refractivity contribution in [3.8, 4) is 0 Å². The van der Waals surface area contributed by atoms with Gasteiger partial charge in [0.2, 0.25) is 0 Å². The first kappa shape index (κ1) is 12.5. The van der Waals surface area contributed by atoms with Gasteiger partial charge in [-0.15, -0.1) is 0 Å². The van der Waals surface area contributed by atoms with Gasteiger partial charge in [0.1, 0.15) is 11.6 Å². The molecule has 94 valence electrons. The second kappa shape index (κ2) is 5.58. The van der Waals surface area contributed by atoms with Crippen LogP contribution in [0.2, 0.25) is 0 Å². The van der Waals surface area contributed by atoms with Gasteiger partial charge in [-0.05, 0) is 55.8 Å². The van der Waals surface area contributed by atoms with E-state index in [-0.39, 0.29) is 0 Å². The molecule has 0 aliphatic heterocycles. The van der Waals surface area contributed by atoms with Gasteiger partial charge in [-0.2, -0.15) is 0 Å². The standard InChI is InChI=1S/C14H19F2N/c1-2-17-14-4-3-10(8-14)5-11-6-12(15)9-13(16)7-11/h6-7,9-10,14,17H,2-5,8H2,1H3. The maximum atomic E-state index is 13.0. The SMILES string of the molecule is CCNC1CCC(Cc2cc(F)cc(F)c2)C1. The van der Waals surface area contributed by atoms with Gasteiger partial charge in [0.05, 0.1) is 0 Å². The van der Waals surface area contributed by atoms with Crippen LogP contribution in [0, 0.1) is 17.6 Å². The van der Waals surface area contributed by atoms with E-state index in [1.165, 1.54) is 18.6 Å². The molecule has 0 radical (unpaired) electrons. The van der Waals surface area contributed by atoms with E-state index in [0.29, 0.717) is 12.0 Å². The van der Waals surface area contributed by atoms with Crippen molar-refractivity contribution in [3.05, 3.63) is 35.4 Å². The predicted octanol–water partition coefficient (Wildman–Crippen LogP) is 3.29. The second-order valence-electron chi connectivity index (χ2n) is 4.92. The minimum atomic E-state index is -0.471. The van der Waals surface area contributed by atoms with Crippen molar-refractivity contribution in [2.45, 2.75) is 38.6 Å². The molecule has 0 amide bonds. The molecule has 1 aromatic rings. The molecule has 3 heteroatoms. The number of rotatable bonds is 4. The molecule has 17 heavy (non-hydrogen) atoms. The third-order valence-electron chi connectivity index (χ3n) is 3.48. The molecule has 0 spiro atoms. The summed E-state index contributed by atoms with van der Waals surface area (Å²) < 4.78 is 26.1. The Hall–Kier alpha value is -0.960. The highest BCUT2D eigenvalue weighted by molar-refractivity contribution is 5.18. The van der Waals surface area contributed by atoms with E-state index in [4.69, 9.17) is 0 Å². The number of hydrogen-bond acceptors (Lipinski definition) is 1. The van der Waals surface area contributed by atoms with Crippen molar-refractivity contribution >= 4 is 0 Å². The minimum Gasteiger partial charge on any atom is -0.314 e. The number of halogens is 2. The third-order valence-corrected chi connectivity index (χ3v) is 3.48. The van der Waals surface area contributed by atoms with E-state index < -0.39 is 11.6 Å². The van der Waals surface area contributed by atoms with Crippen molar-refractivity contribution in [1.82, 2.24) is 5.32 Å². The van der Waals surface area contributed by atoms with Gasteiger partial charge in [-0.25, -0.2) is 8.78 Å². The molecule has 0 saturated heterocycles. The van der Waals surface area contributed by atoms with Gasteiger partial charge >= 0.3 is 0 Å². The molecule has 1 N–H and O–H groups in total. The summed E-state index contributed by atoms with van der Waals surface area (Å²) in [6.45, 7) is 3.10. The Morgan fingerprint density at radius 1 is 1.18 bits per heavy atom. The quantitative estimate of drug-likeness (QED) is 0.850. The van der Waals surface area contributed by atoms with Crippen molar-refractivity contribution < 1.29 is 8.78 Å². The fourth-order valence-corrected chi connectivity index (χ4v) is 2.80. The third kappa shape index (κ3) is 3.50. The smallest absolute Gasteiger partial charge is 0.126 e. The molecule has 2 unspecified atom stereocenters. The largest absolute Gasteiger partial charge is 0.314 e. The van der Waals surface area contributed by atoms with E-state index >= 15 is 0 Å². The normalized spacial score (nSPS) is 24.2. The van der Waals surface area contributed by atoms with Crippen LogP contribution in [0.5, 0.6) is 0 Å². The Bertz CT molecular complexity index is 358. The van der Waals surface area contributed by atoms with Crippen molar-refractivity contribution in [2.75, 3.05) is 6.54 Å². The number of benzene rings is 1. The van der Waals surface area contributed by atoms with E-state index in [1.54, 1.807) is 0 Å². The Morgan fingerprint density at radius 3 is 2.53 bits per heavy atom. The van der Waals surface area contributed by atoms with Crippen LogP contribution < -0.4 is 5.32 Å². The summed E-state index contributed by atoms with van der Waals surface area (Å²) in [5.74, 6) is -0.386. The average Bonchev–Trinajstić information content (AvgIpc) is 2.64. The molecule has 0 bridgehead atoms. The second-order valence-corrected chi connectivity index (χ2v) is 4.92. The Kier molecular flexibility index (Phi) is 4.11. The summed E-state index contributed by atoms with van der Waals surface area (Å²) in [5, 5.41) is 3.43. The average molecular weight is 239 g/mol. The van der Waals surface area contributed by atoms with Gasteiger partial charge in [-0.1, -0.05) is 6.92 Å². The van der Waals surface area contributed by atoms with Gasteiger partial charge < -0.3 is 5.32 Å². The van der Waals surface area contributed by atoms with Crippen molar-refractivity contribution in [3.63, 3.8) is 0 Å². The summed E-state index contributed by atoms with van der Waals surface area (Å²) in [6.07, 6.45) is 4.23. The minimum absolute atomic E-state index is 0.471. The molecule has 1 saturated carbocycles. The van der Waals surface area contributed by atoms with Crippen LogP contribution in [0.4, 0.5) is 8.78 Å². The Labute approximate surface area is 101 Å². The van der Waals surface area contributed by atoms with E-state index in [9.17, 15) is 8.78 Å². The zero-order valence-electron chi connectivity index (χ0n) is 10.2. The highest BCUT2D eigenvalue weighted by Gasteiger charge is 2.24. The van der Waals surface area contributed by atoms with Crippen LogP contribution in [0.25, 0.3) is 0 Å². The van der Waals surface area contributed by atoms with Crippen LogP contribution >= 0.6 is 0 Å². The molecule has 1 aromatic carbocycles. The summed E-state index contributed by atoms with van der Waals surface area (Å²) in [5.41, 5.74) is 0.782. The molecule has 1 nitrogen and oxygen atoms in total. The highest BCUT2D eigenvalue weighted by atomic mass is 19.1. The lowest BCUT2D eigenvalue weighted by Crippen LogP contribution is -2.25. The molecular formula is C14H19F2N. The molecule has 1 aliphatic rings. The highest BCUT2D eigenvalue weighted by Crippen LogP contribution is 2.29. The Morgan fingerprint density at radius 2 is 1.88 bits per heavy atom. The van der Waals surface area contributed by atoms with Gasteiger partial charge in [-0.3, -0.25) is 0 Å². The van der Waals surface area contributed by atoms with Gasteiger partial charge in [0, 0.05) is 12.1 Å². The lowest BCUT2D eigenvalue weighted by atomic mass is 9.97. The first-order chi connectivity index (χ1) is 8.17. The first-order valence-electron chi connectivity index (χ1n) is 6.35. The predicted molar refractivity (Wildman–Crippen MR) is 64.9 cm³/mol. The van der Waals surface area contributed by atoms with Crippen LogP contribution in [0.1, 0.15) is 31.7 Å². The fourth-order valence-electron chi connectivity index (χ4n) is 2.80. The molecule has 2 rings (SSSR count). The maximum Gasteiger partial charge on any atom is 0.126 e. The number of nitrogens with one attached hydrogen (secondary N) is 1. The van der Waals surface area contributed by atoms with Crippen LogP contribution in [-0.2, 0) is 6.42 Å². The van der Waals surface area contributed by atoms with Crippen LogP contribution in [0.15, 0.2) is 18.2 Å². The molecule has 0 heterocycles. The maximum absolute atomic E-state index is 13.0. The topological polar surface area (TPSA) is 12.0 Å². The van der Waals surface area contributed by atoms with Gasteiger partial charge in [0.15, 0.2) is 0 Å². The van der Waals surface area contributed by atoms with E-state index in [0.717, 1.165) is 37.4 Å². The zero-order valence-corrected chi connectivity index (χ0v) is 10.2. The van der Waals surface area contributed by atoms with E-state index in [2.05, 4.69) is 12.2 Å². The molecular weight excluding hydrogens is 220 g/mol. The summed E-state index contributed by atoms with van der Waals surface area (Å²) in [6, 6.07) is 4.41. The van der Waals surface area contributed by atoms with Gasteiger partial charge in [0.25, 0.3) is 0 Å². The zero-order chi connectivity index (χ0) is 12.3. The molecule has 2 atom stereocenters. The van der Waals surface area contributed by atoms with Crippen molar-refractivity contribution in [1.29, 1.82) is 0 Å². The van der Waals surface area contributed by atoms with E-state index in [1.807, 2.05) is 0 Å². The Balaban J connectivity index is 1.93. The molecule has 0 aromatic heterocycles.